The molecule has 1 amide bonds. The second kappa shape index (κ2) is 4.97. The van der Waals surface area contributed by atoms with Gasteiger partial charge in [0.1, 0.15) is 0 Å². The second-order valence-electron chi connectivity index (χ2n) is 6.19. The van der Waals surface area contributed by atoms with Crippen LogP contribution in [0.5, 0.6) is 0 Å². The molecule has 0 radical (unpaired) electrons. The number of aliphatic hydroxyl groups excluding tert-OH is 1. The Labute approximate surface area is 104 Å². The highest BCUT2D eigenvalue weighted by atomic mass is 16.3. The van der Waals surface area contributed by atoms with E-state index in [1.54, 1.807) is 0 Å². The number of carbonyl (C=O) groups excluding carboxylic acids is 1. The Morgan fingerprint density at radius 1 is 1.35 bits per heavy atom. The molecule has 1 saturated carbocycles. The van der Waals surface area contributed by atoms with Gasteiger partial charge < -0.3 is 10.0 Å². The molecule has 1 aliphatic carbocycles. The van der Waals surface area contributed by atoms with Crippen LogP contribution in [0.3, 0.4) is 0 Å². The van der Waals surface area contributed by atoms with Crippen molar-refractivity contribution in [2.24, 2.45) is 5.92 Å². The van der Waals surface area contributed by atoms with Crippen LogP contribution in [0.15, 0.2) is 0 Å². The van der Waals surface area contributed by atoms with Crippen molar-refractivity contribution in [2.75, 3.05) is 6.54 Å². The van der Waals surface area contributed by atoms with Crippen LogP contribution in [-0.2, 0) is 4.79 Å². The Balaban J connectivity index is 1.75. The lowest BCUT2D eigenvalue weighted by Gasteiger charge is -2.34. The lowest BCUT2D eigenvalue weighted by molar-refractivity contribution is -0.136. The highest BCUT2D eigenvalue weighted by molar-refractivity contribution is 5.77. The van der Waals surface area contributed by atoms with Crippen LogP contribution in [0.1, 0.15) is 58.8 Å². The molecular weight excluding hydrogens is 214 g/mol. The summed E-state index contributed by atoms with van der Waals surface area (Å²) in [6.45, 7) is 4.65. The van der Waals surface area contributed by atoms with Gasteiger partial charge in [-0.25, -0.2) is 0 Å². The minimum absolute atomic E-state index is 0.228. The molecule has 98 valence electrons. The number of hydrogen-bond donors (Lipinski definition) is 1. The average Bonchev–Trinajstić information content (AvgIpc) is 2.46. The van der Waals surface area contributed by atoms with Gasteiger partial charge in [-0.2, -0.15) is 0 Å². The monoisotopic (exact) mass is 239 g/mol. The predicted octanol–water partition coefficient (Wildman–Crippen LogP) is 2.33. The Morgan fingerprint density at radius 2 is 2.06 bits per heavy atom. The molecule has 17 heavy (non-hydrogen) atoms. The Bertz CT molecular complexity index is 284. The van der Waals surface area contributed by atoms with Crippen molar-refractivity contribution >= 4 is 5.91 Å². The third-order valence-corrected chi connectivity index (χ3v) is 4.67. The van der Waals surface area contributed by atoms with E-state index in [9.17, 15) is 9.90 Å². The third kappa shape index (κ3) is 2.65. The summed E-state index contributed by atoms with van der Waals surface area (Å²) in [5.74, 6) is 1.12. The summed E-state index contributed by atoms with van der Waals surface area (Å²) in [5.41, 5.74) is -0.368. The molecule has 2 rings (SSSR count). The van der Waals surface area contributed by atoms with Gasteiger partial charge in [-0.3, -0.25) is 4.79 Å². The van der Waals surface area contributed by atoms with Crippen molar-refractivity contribution in [2.45, 2.75) is 70.4 Å². The number of aliphatic hydroxyl groups is 1. The van der Waals surface area contributed by atoms with Crippen LogP contribution in [0, 0.1) is 5.92 Å². The maximum Gasteiger partial charge on any atom is 0.223 e. The number of amides is 1. The van der Waals surface area contributed by atoms with Gasteiger partial charge in [0.25, 0.3) is 0 Å². The predicted molar refractivity (Wildman–Crippen MR) is 67.6 cm³/mol. The van der Waals surface area contributed by atoms with E-state index in [1.807, 2.05) is 18.7 Å². The molecule has 1 atom stereocenters. The molecule has 0 aromatic heterocycles. The van der Waals surface area contributed by atoms with E-state index in [0.29, 0.717) is 6.42 Å². The van der Waals surface area contributed by atoms with Crippen LogP contribution in [0.4, 0.5) is 0 Å². The van der Waals surface area contributed by atoms with Gasteiger partial charge in [-0.05, 0) is 39.0 Å². The minimum Gasteiger partial charge on any atom is -0.391 e. The van der Waals surface area contributed by atoms with Gasteiger partial charge in [0.2, 0.25) is 5.91 Å². The van der Waals surface area contributed by atoms with Crippen LogP contribution in [-0.4, -0.2) is 34.1 Å². The summed E-state index contributed by atoms with van der Waals surface area (Å²) in [6.07, 6.45) is 7.36. The zero-order valence-corrected chi connectivity index (χ0v) is 11.1. The lowest BCUT2D eigenvalue weighted by Crippen LogP contribution is -2.48. The zero-order chi connectivity index (χ0) is 12.5. The molecule has 3 nitrogen and oxygen atoms in total. The van der Waals surface area contributed by atoms with Gasteiger partial charge in [0, 0.05) is 13.0 Å². The van der Waals surface area contributed by atoms with Gasteiger partial charge in [-0.1, -0.05) is 19.3 Å². The lowest BCUT2D eigenvalue weighted by atomic mass is 9.82. The van der Waals surface area contributed by atoms with E-state index >= 15 is 0 Å². The van der Waals surface area contributed by atoms with Crippen molar-refractivity contribution in [3.63, 3.8) is 0 Å². The number of likely N-dealkylation sites (tertiary alicyclic amines) is 1. The van der Waals surface area contributed by atoms with Gasteiger partial charge in [0.15, 0.2) is 0 Å². The standard InChI is InChI=1S/C14H25NO2/c1-14(2)12(16)9-10-15(14)13(17)8-4-7-11-5-3-6-11/h11-12,16H,3-10H2,1-2H3. The second-order valence-corrected chi connectivity index (χ2v) is 6.19. The molecule has 2 aliphatic rings. The Hall–Kier alpha value is -0.570. The van der Waals surface area contributed by atoms with Crippen molar-refractivity contribution in [1.29, 1.82) is 0 Å². The number of carbonyl (C=O) groups is 1. The first kappa shape index (κ1) is 12.9. The SMILES string of the molecule is CC1(C)C(O)CCN1C(=O)CCCC1CCC1. The van der Waals surface area contributed by atoms with Crippen LogP contribution >= 0.6 is 0 Å². The largest absolute Gasteiger partial charge is 0.391 e. The molecule has 2 fully saturated rings. The molecule has 0 bridgehead atoms. The summed E-state index contributed by atoms with van der Waals surface area (Å²) in [7, 11) is 0. The normalized spacial score (nSPS) is 28.2. The topological polar surface area (TPSA) is 40.5 Å². The summed E-state index contributed by atoms with van der Waals surface area (Å²) in [4.78, 5) is 14.0. The molecule has 1 N–H and O–H groups in total. The Kier molecular flexibility index (Phi) is 3.76. The molecule has 1 saturated heterocycles. The highest BCUT2D eigenvalue weighted by Gasteiger charge is 2.42. The van der Waals surface area contributed by atoms with Gasteiger partial charge in [-0.15, -0.1) is 0 Å². The van der Waals surface area contributed by atoms with Crippen molar-refractivity contribution < 1.29 is 9.90 Å². The van der Waals surface area contributed by atoms with E-state index in [4.69, 9.17) is 0 Å². The number of hydrogen-bond acceptors (Lipinski definition) is 2. The quantitative estimate of drug-likeness (QED) is 0.818. The summed E-state index contributed by atoms with van der Waals surface area (Å²) < 4.78 is 0. The van der Waals surface area contributed by atoms with E-state index in [1.165, 1.54) is 25.7 Å². The fourth-order valence-electron chi connectivity index (χ4n) is 2.98. The maximum absolute atomic E-state index is 12.1. The van der Waals surface area contributed by atoms with Crippen LogP contribution in [0.2, 0.25) is 0 Å². The van der Waals surface area contributed by atoms with Crippen molar-refractivity contribution in [3.8, 4) is 0 Å². The van der Waals surface area contributed by atoms with Gasteiger partial charge in [0.05, 0.1) is 11.6 Å². The first-order chi connectivity index (χ1) is 8.01. The maximum atomic E-state index is 12.1. The van der Waals surface area contributed by atoms with E-state index in [-0.39, 0.29) is 17.6 Å². The molecule has 0 spiro atoms. The summed E-state index contributed by atoms with van der Waals surface area (Å²) in [6, 6.07) is 0. The summed E-state index contributed by atoms with van der Waals surface area (Å²) >= 11 is 0. The molecular formula is C14H25NO2. The van der Waals surface area contributed by atoms with E-state index in [0.717, 1.165) is 25.3 Å². The number of rotatable bonds is 4. The summed E-state index contributed by atoms with van der Waals surface area (Å²) in [5, 5.41) is 9.84. The molecule has 0 aromatic rings. The smallest absolute Gasteiger partial charge is 0.223 e. The van der Waals surface area contributed by atoms with E-state index < -0.39 is 0 Å². The van der Waals surface area contributed by atoms with Crippen LogP contribution in [0.25, 0.3) is 0 Å². The third-order valence-electron chi connectivity index (χ3n) is 4.67. The fourth-order valence-corrected chi connectivity index (χ4v) is 2.98. The highest BCUT2D eigenvalue weighted by Crippen LogP contribution is 2.32. The van der Waals surface area contributed by atoms with E-state index in [2.05, 4.69) is 0 Å². The molecule has 1 aliphatic heterocycles. The molecule has 0 aromatic carbocycles. The van der Waals surface area contributed by atoms with Gasteiger partial charge >= 0.3 is 0 Å². The molecule has 1 unspecified atom stereocenters. The first-order valence-electron chi connectivity index (χ1n) is 7.00. The average molecular weight is 239 g/mol. The molecule has 3 heteroatoms. The zero-order valence-electron chi connectivity index (χ0n) is 11.1. The molecule has 1 heterocycles. The number of nitrogens with zero attached hydrogens (tertiary/aromatic N) is 1. The fraction of sp³-hybridized carbons (Fsp3) is 0.929. The Morgan fingerprint density at radius 3 is 2.53 bits per heavy atom. The van der Waals surface area contributed by atoms with Crippen LogP contribution < -0.4 is 0 Å². The van der Waals surface area contributed by atoms with Crippen molar-refractivity contribution in [1.82, 2.24) is 4.90 Å². The van der Waals surface area contributed by atoms with Crippen molar-refractivity contribution in [3.05, 3.63) is 0 Å². The minimum atomic E-state index is -0.368. The first-order valence-corrected chi connectivity index (χ1v) is 7.00.